The van der Waals surface area contributed by atoms with Crippen LogP contribution in [0.2, 0.25) is 0 Å². The minimum Gasteiger partial charge on any atom is -0.396 e. The molecule has 1 aliphatic rings. The minimum atomic E-state index is -3.59. The van der Waals surface area contributed by atoms with Gasteiger partial charge in [0.15, 0.2) is 0 Å². The molecule has 0 spiro atoms. The second-order valence-electron chi connectivity index (χ2n) is 4.83. The van der Waals surface area contributed by atoms with Crippen molar-refractivity contribution in [3.05, 3.63) is 24.0 Å². The number of halogens is 1. The van der Waals surface area contributed by atoms with E-state index in [4.69, 9.17) is 5.73 Å². The number of hydrogen-bond acceptors (Lipinski definition) is 3. The first kappa shape index (κ1) is 14.3. The highest BCUT2D eigenvalue weighted by Crippen LogP contribution is 2.29. The first-order valence-electron chi connectivity index (χ1n) is 6.53. The van der Waals surface area contributed by atoms with Crippen LogP contribution in [0.25, 0.3) is 0 Å². The van der Waals surface area contributed by atoms with E-state index in [9.17, 15) is 12.8 Å². The van der Waals surface area contributed by atoms with E-state index in [1.165, 1.54) is 16.4 Å². The number of sulfonamides is 1. The molecule has 1 aromatic rings. The lowest BCUT2D eigenvalue weighted by Crippen LogP contribution is -2.38. The standard InChI is InChI=1S/C13H19FN2O2S/c1-2-16(10-5-3-4-6-10)19(17,18)11-7-8-12(14)13(15)9-11/h7-10H,2-6,15H2,1H3. The van der Waals surface area contributed by atoms with Crippen molar-refractivity contribution < 1.29 is 12.8 Å². The van der Waals surface area contributed by atoms with Crippen LogP contribution in [0, 0.1) is 5.82 Å². The Morgan fingerprint density at radius 2 is 2.00 bits per heavy atom. The topological polar surface area (TPSA) is 63.4 Å². The molecule has 6 heteroatoms. The van der Waals surface area contributed by atoms with Gasteiger partial charge < -0.3 is 5.73 Å². The predicted molar refractivity (Wildman–Crippen MR) is 72.6 cm³/mol. The molecule has 0 bridgehead atoms. The molecule has 0 saturated heterocycles. The van der Waals surface area contributed by atoms with Crippen molar-refractivity contribution in [2.75, 3.05) is 12.3 Å². The molecule has 0 atom stereocenters. The Hall–Kier alpha value is -1.14. The summed E-state index contributed by atoms with van der Waals surface area (Å²) in [6, 6.07) is 3.63. The number of rotatable bonds is 4. The summed E-state index contributed by atoms with van der Waals surface area (Å²) in [5.41, 5.74) is 5.32. The lowest BCUT2D eigenvalue weighted by Gasteiger charge is -2.26. The fourth-order valence-electron chi connectivity index (χ4n) is 2.63. The SMILES string of the molecule is CCN(C1CCCC1)S(=O)(=O)c1ccc(F)c(N)c1. The van der Waals surface area contributed by atoms with E-state index >= 15 is 0 Å². The number of anilines is 1. The van der Waals surface area contributed by atoms with Gasteiger partial charge in [-0.1, -0.05) is 19.8 Å². The van der Waals surface area contributed by atoms with Crippen molar-refractivity contribution in [1.82, 2.24) is 4.31 Å². The average Bonchev–Trinajstić information content (AvgIpc) is 2.86. The van der Waals surface area contributed by atoms with Crippen LogP contribution < -0.4 is 5.73 Å². The van der Waals surface area contributed by atoms with E-state index in [-0.39, 0.29) is 16.6 Å². The van der Waals surface area contributed by atoms with Gasteiger partial charge in [0.2, 0.25) is 10.0 Å². The van der Waals surface area contributed by atoms with E-state index in [2.05, 4.69) is 0 Å². The van der Waals surface area contributed by atoms with Crippen molar-refractivity contribution in [2.24, 2.45) is 0 Å². The number of nitrogen functional groups attached to an aromatic ring is 1. The van der Waals surface area contributed by atoms with Crippen LogP contribution in [0.5, 0.6) is 0 Å². The van der Waals surface area contributed by atoms with Crippen molar-refractivity contribution in [3.63, 3.8) is 0 Å². The third kappa shape index (κ3) is 2.74. The van der Waals surface area contributed by atoms with Gasteiger partial charge in [0, 0.05) is 12.6 Å². The van der Waals surface area contributed by atoms with Gasteiger partial charge in [-0.05, 0) is 31.0 Å². The van der Waals surface area contributed by atoms with Crippen molar-refractivity contribution >= 4 is 15.7 Å². The summed E-state index contributed by atoms with van der Waals surface area (Å²) in [5, 5.41) is 0. The lowest BCUT2D eigenvalue weighted by molar-refractivity contribution is 0.335. The highest BCUT2D eigenvalue weighted by atomic mass is 32.2. The Balaban J connectivity index is 2.36. The molecule has 0 heterocycles. The maximum Gasteiger partial charge on any atom is 0.243 e. The van der Waals surface area contributed by atoms with Gasteiger partial charge in [-0.3, -0.25) is 0 Å². The van der Waals surface area contributed by atoms with Crippen LogP contribution >= 0.6 is 0 Å². The first-order chi connectivity index (χ1) is 8.96. The summed E-state index contributed by atoms with van der Waals surface area (Å²) in [6.07, 6.45) is 3.90. The number of hydrogen-bond donors (Lipinski definition) is 1. The third-order valence-corrected chi connectivity index (χ3v) is 5.64. The second-order valence-corrected chi connectivity index (χ2v) is 6.72. The van der Waals surface area contributed by atoms with Crippen molar-refractivity contribution in [1.29, 1.82) is 0 Å². The second kappa shape index (κ2) is 5.46. The van der Waals surface area contributed by atoms with Gasteiger partial charge in [-0.15, -0.1) is 0 Å². The van der Waals surface area contributed by atoms with Crippen LogP contribution in [0.4, 0.5) is 10.1 Å². The van der Waals surface area contributed by atoms with E-state index in [0.717, 1.165) is 31.7 Å². The highest BCUT2D eigenvalue weighted by Gasteiger charge is 2.32. The van der Waals surface area contributed by atoms with Crippen molar-refractivity contribution in [3.8, 4) is 0 Å². The molecule has 0 aliphatic heterocycles. The zero-order valence-corrected chi connectivity index (χ0v) is 11.8. The van der Waals surface area contributed by atoms with E-state index in [0.29, 0.717) is 6.54 Å². The van der Waals surface area contributed by atoms with Crippen LogP contribution in [0.15, 0.2) is 23.1 Å². The molecule has 0 aromatic heterocycles. The van der Waals surface area contributed by atoms with Gasteiger partial charge >= 0.3 is 0 Å². The van der Waals surface area contributed by atoms with Gasteiger partial charge in [-0.25, -0.2) is 12.8 Å². The molecule has 2 rings (SSSR count). The molecule has 4 nitrogen and oxygen atoms in total. The van der Waals surface area contributed by atoms with Crippen LogP contribution in [-0.2, 0) is 10.0 Å². The predicted octanol–water partition coefficient (Wildman–Crippen LogP) is 2.36. The van der Waals surface area contributed by atoms with Gasteiger partial charge in [0.1, 0.15) is 5.82 Å². The Bertz CT molecular complexity index is 554. The smallest absolute Gasteiger partial charge is 0.243 e. The molecule has 1 saturated carbocycles. The Morgan fingerprint density at radius 3 is 2.53 bits per heavy atom. The molecule has 0 radical (unpaired) electrons. The fraction of sp³-hybridized carbons (Fsp3) is 0.538. The van der Waals surface area contributed by atoms with E-state index in [1.807, 2.05) is 6.92 Å². The summed E-state index contributed by atoms with van der Waals surface area (Å²) in [5.74, 6) is -0.595. The lowest BCUT2D eigenvalue weighted by atomic mass is 10.2. The number of benzene rings is 1. The fourth-order valence-corrected chi connectivity index (χ4v) is 4.36. The molecule has 1 fully saturated rings. The van der Waals surface area contributed by atoms with Crippen LogP contribution in [0.1, 0.15) is 32.6 Å². The molecular weight excluding hydrogens is 267 g/mol. The molecular formula is C13H19FN2O2S. The molecule has 1 aromatic carbocycles. The first-order valence-corrected chi connectivity index (χ1v) is 7.97. The summed E-state index contributed by atoms with van der Waals surface area (Å²) >= 11 is 0. The van der Waals surface area contributed by atoms with Crippen molar-refractivity contribution in [2.45, 2.75) is 43.5 Å². The quantitative estimate of drug-likeness (QED) is 0.864. The van der Waals surface area contributed by atoms with E-state index < -0.39 is 15.8 Å². The number of nitrogens with zero attached hydrogens (tertiary/aromatic N) is 1. The van der Waals surface area contributed by atoms with Gasteiger partial charge in [0.25, 0.3) is 0 Å². The molecule has 2 N–H and O–H groups in total. The monoisotopic (exact) mass is 286 g/mol. The molecule has 19 heavy (non-hydrogen) atoms. The average molecular weight is 286 g/mol. The summed E-state index contributed by atoms with van der Waals surface area (Å²) in [4.78, 5) is 0.0696. The summed E-state index contributed by atoms with van der Waals surface area (Å²) in [6.45, 7) is 2.24. The maximum atomic E-state index is 13.1. The Kier molecular flexibility index (Phi) is 4.10. The third-order valence-electron chi connectivity index (χ3n) is 3.62. The Morgan fingerprint density at radius 1 is 1.37 bits per heavy atom. The molecule has 1 aliphatic carbocycles. The molecule has 0 unspecified atom stereocenters. The van der Waals surface area contributed by atoms with Gasteiger partial charge in [0.05, 0.1) is 10.6 Å². The molecule has 0 amide bonds. The Labute approximate surface area is 113 Å². The zero-order chi connectivity index (χ0) is 14.0. The summed E-state index contributed by atoms with van der Waals surface area (Å²) < 4.78 is 39.8. The largest absolute Gasteiger partial charge is 0.396 e. The number of nitrogens with two attached hydrogens (primary N) is 1. The highest BCUT2D eigenvalue weighted by molar-refractivity contribution is 7.89. The van der Waals surface area contributed by atoms with Crippen LogP contribution in [0.3, 0.4) is 0 Å². The zero-order valence-electron chi connectivity index (χ0n) is 11.0. The summed E-state index contributed by atoms with van der Waals surface area (Å²) in [7, 11) is -3.59. The van der Waals surface area contributed by atoms with Gasteiger partial charge in [-0.2, -0.15) is 4.31 Å². The van der Waals surface area contributed by atoms with Crippen LogP contribution in [-0.4, -0.2) is 25.3 Å². The maximum absolute atomic E-state index is 13.1. The van der Waals surface area contributed by atoms with E-state index in [1.54, 1.807) is 0 Å². The molecule has 106 valence electrons. The normalized spacial score (nSPS) is 17.2. The minimum absolute atomic E-state index is 0.0567.